The molecule has 0 bridgehead atoms. The molecule has 0 saturated carbocycles. The first-order valence-electron chi connectivity index (χ1n) is 6.54. The van der Waals surface area contributed by atoms with Crippen molar-refractivity contribution in [1.82, 2.24) is 14.7 Å². The minimum atomic E-state index is 0.796. The molecule has 0 aromatic carbocycles. The van der Waals surface area contributed by atoms with Crippen LogP contribution in [0.4, 0.5) is 0 Å². The number of aryl methyl sites for hydroxylation is 2. The van der Waals surface area contributed by atoms with Gasteiger partial charge in [0.05, 0.1) is 11.4 Å². The van der Waals surface area contributed by atoms with E-state index in [2.05, 4.69) is 34.6 Å². The topological polar surface area (TPSA) is 21.1 Å². The van der Waals surface area contributed by atoms with Crippen molar-refractivity contribution in [2.75, 3.05) is 19.0 Å². The summed E-state index contributed by atoms with van der Waals surface area (Å²) in [6.45, 7) is 8.61. The first kappa shape index (κ1) is 12.9. The average molecular weight is 256 g/mol. The summed E-state index contributed by atoms with van der Waals surface area (Å²) in [5.74, 6) is 1.59. The average Bonchev–Trinajstić information content (AvgIpc) is 2.87. The van der Waals surface area contributed by atoms with Crippen LogP contribution < -0.4 is 0 Å². The number of alkyl halides is 1. The van der Waals surface area contributed by atoms with Gasteiger partial charge in [0, 0.05) is 25.5 Å². The predicted octanol–water partition coefficient (Wildman–Crippen LogP) is 2.66. The van der Waals surface area contributed by atoms with Crippen LogP contribution in [0.3, 0.4) is 0 Å². The van der Waals surface area contributed by atoms with Crippen LogP contribution in [0.25, 0.3) is 0 Å². The van der Waals surface area contributed by atoms with Crippen molar-refractivity contribution in [2.24, 2.45) is 5.92 Å². The van der Waals surface area contributed by atoms with E-state index in [1.807, 2.05) is 0 Å². The number of hydrogen-bond acceptors (Lipinski definition) is 2. The molecule has 17 heavy (non-hydrogen) atoms. The zero-order valence-corrected chi connectivity index (χ0v) is 11.6. The monoisotopic (exact) mass is 255 g/mol. The van der Waals surface area contributed by atoms with Crippen molar-refractivity contribution >= 4 is 11.6 Å². The lowest BCUT2D eigenvalue weighted by Crippen LogP contribution is -2.22. The van der Waals surface area contributed by atoms with Gasteiger partial charge >= 0.3 is 0 Å². The maximum atomic E-state index is 5.81. The predicted molar refractivity (Wildman–Crippen MR) is 71.4 cm³/mol. The number of rotatable bonds is 5. The van der Waals surface area contributed by atoms with Gasteiger partial charge in [-0.25, -0.2) is 0 Å². The van der Waals surface area contributed by atoms with E-state index >= 15 is 0 Å². The molecule has 0 aliphatic carbocycles. The normalized spacial score (nSPS) is 21.2. The highest BCUT2D eigenvalue weighted by molar-refractivity contribution is 6.17. The zero-order valence-electron chi connectivity index (χ0n) is 10.8. The minimum Gasteiger partial charge on any atom is -0.297 e. The molecular weight excluding hydrogens is 234 g/mol. The fourth-order valence-electron chi connectivity index (χ4n) is 2.68. The van der Waals surface area contributed by atoms with Crippen molar-refractivity contribution in [3.05, 3.63) is 17.5 Å². The van der Waals surface area contributed by atoms with Gasteiger partial charge in [-0.15, -0.1) is 11.6 Å². The van der Waals surface area contributed by atoms with Crippen molar-refractivity contribution < 1.29 is 0 Å². The second kappa shape index (κ2) is 5.87. The van der Waals surface area contributed by atoms with Crippen LogP contribution in [0.1, 0.15) is 31.2 Å². The van der Waals surface area contributed by atoms with Gasteiger partial charge in [-0.1, -0.05) is 0 Å². The Balaban J connectivity index is 1.93. The lowest BCUT2D eigenvalue weighted by Gasteiger charge is -2.16. The van der Waals surface area contributed by atoms with Crippen LogP contribution in [0.2, 0.25) is 0 Å². The van der Waals surface area contributed by atoms with Crippen LogP contribution in [-0.4, -0.2) is 33.6 Å². The fraction of sp³-hybridized carbons (Fsp3) is 0.769. The minimum absolute atomic E-state index is 0.796. The van der Waals surface area contributed by atoms with Crippen molar-refractivity contribution in [1.29, 1.82) is 0 Å². The molecule has 1 aromatic rings. The second-order valence-corrected chi connectivity index (χ2v) is 5.34. The van der Waals surface area contributed by atoms with E-state index in [0.29, 0.717) is 0 Å². The Kier molecular flexibility index (Phi) is 4.46. The molecule has 2 rings (SSSR count). The lowest BCUT2D eigenvalue weighted by molar-refractivity contribution is 0.304. The SMILES string of the molecule is CCn1nc(C)cc1CN1CCC(CCCl)C1. The highest BCUT2D eigenvalue weighted by atomic mass is 35.5. The molecule has 3 nitrogen and oxygen atoms in total. The van der Waals surface area contributed by atoms with Gasteiger partial charge in [0.15, 0.2) is 0 Å². The van der Waals surface area contributed by atoms with E-state index in [1.165, 1.54) is 25.2 Å². The van der Waals surface area contributed by atoms with E-state index in [4.69, 9.17) is 11.6 Å². The fourth-order valence-corrected chi connectivity index (χ4v) is 2.98. The van der Waals surface area contributed by atoms with Crippen molar-refractivity contribution in [3.63, 3.8) is 0 Å². The molecule has 0 spiro atoms. The van der Waals surface area contributed by atoms with Crippen molar-refractivity contribution in [2.45, 2.75) is 39.8 Å². The van der Waals surface area contributed by atoms with Gasteiger partial charge in [-0.05, 0) is 45.2 Å². The van der Waals surface area contributed by atoms with Gasteiger partial charge in [0.2, 0.25) is 0 Å². The number of halogens is 1. The number of likely N-dealkylation sites (tertiary alicyclic amines) is 1. The summed E-state index contributed by atoms with van der Waals surface area (Å²) in [5.41, 5.74) is 2.47. The maximum absolute atomic E-state index is 5.81. The largest absolute Gasteiger partial charge is 0.297 e. The summed E-state index contributed by atoms with van der Waals surface area (Å²) in [5, 5.41) is 4.50. The third-order valence-corrected chi connectivity index (χ3v) is 3.78. The molecule has 1 aliphatic rings. The van der Waals surface area contributed by atoms with Gasteiger partial charge in [-0.2, -0.15) is 5.10 Å². The first-order chi connectivity index (χ1) is 8.22. The van der Waals surface area contributed by atoms with E-state index < -0.39 is 0 Å². The third-order valence-electron chi connectivity index (χ3n) is 3.56. The summed E-state index contributed by atoms with van der Waals surface area (Å²) in [7, 11) is 0. The van der Waals surface area contributed by atoms with E-state index in [-0.39, 0.29) is 0 Å². The molecule has 0 radical (unpaired) electrons. The smallest absolute Gasteiger partial charge is 0.0597 e. The highest BCUT2D eigenvalue weighted by Crippen LogP contribution is 2.22. The Morgan fingerprint density at radius 2 is 2.35 bits per heavy atom. The quantitative estimate of drug-likeness (QED) is 0.755. The van der Waals surface area contributed by atoms with Crippen LogP contribution >= 0.6 is 11.6 Å². The highest BCUT2D eigenvalue weighted by Gasteiger charge is 2.22. The Hall–Kier alpha value is -0.540. The number of aromatic nitrogens is 2. The summed E-state index contributed by atoms with van der Waals surface area (Å²) in [6.07, 6.45) is 2.45. The van der Waals surface area contributed by atoms with Crippen LogP contribution in [0.15, 0.2) is 6.07 Å². The number of hydrogen-bond donors (Lipinski definition) is 0. The molecule has 0 N–H and O–H groups in total. The molecule has 1 aliphatic heterocycles. The zero-order chi connectivity index (χ0) is 12.3. The Labute approximate surface area is 109 Å². The van der Waals surface area contributed by atoms with E-state index in [9.17, 15) is 0 Å². The molecule has 1 aromatic heterocycles. The van der Waals surface area contributed by atoms with Crippen LogP contribution in [0, 0.1) is 12.8 Å². The second-order valence-electron chi connectivity index (χ2n) is 4.96. The summed E-state index contributed by atoms with van der Waals surface area (Å²) >= 11 is 5.81. The van der Waals surface area contributed by atoms with Crippen molar-refractivity contribution in [3.8, 4) is 0 Å². The summed E-state index contributed by atoms with van der Waals surface area (Å²) in [4.78, 5) is 2.53. The molecule has 1 unspecified atom stereocenters. The Bertz CT molecular complexity index is 362. The molecule has 4 heteroatoms. The van der Waals surface area contributed by atoms with Gasteiger partial charge in [-0.3, -0.25) is 9.58 Å². The molecule has 1 atom stereocenters. The summed E-state index contributed by atoms with van der Waals surface area (Å²) in [6, 6.07) is 2.21. The molecule has 2 heterocycles. The van der Waals surface area contributed by atoms with Gasteiger partial charge in [0.25, 0.3) is 0 Å². The number of nitrogens with zero attached hydrogens (tertiary/aromatic N) is 3. The Morgan fingerprint density at radius 3 is 3.06 bits per heavy atom. The van der Waals surface area contributed by atoms with E-state index in [0.717, 1.165) is 37.0 Å². The van der Waals surface area contributed by atoms with Crippen LogP contribution in [0.5, 0.6) is 0 Å². The first-order valence-corrected chi connectivity index (χ1v) is 7.08. The molecule has 1 saturated heterocycles. The van der Waals surface area contributed by atoms with Gasteiger partial charge < -0.3 is 0 Å². The Morgan fingerprint density at radius 1 is 1.53 bits per heavy atom. The third kappa shape index (κ3) is 3.23. The molecular formula is C13H22ClN3. The molecule has 1 fully saturated rings. The maximum Gasteiger partial charge on any atom is 0.0597 e. The molecule has 0 amide bonds. The van der Waals surface area contributed by atoms with E-state index in [1.54, 1.807) is 0 Å². The molecule has 96 valence electrons. The summed E-state index contributed by atoms with van der Waals surface area (Å²) < 4.78 is 2.12. The lowest BCUT2D eigenvalue weighted by atomic mass is 10.1. The van der Waals surface area contributed by atoms with Crippen LogP contribution in [-0.2, 0) is 13.1 Å². The standard InChI is InChI=1S/C13H22ClN3/c1-3-17-13(8-11(2)15-17)10-16-7-5-12(9-16)4-6-14/h8,12H,3-7,9-10H2,1-2H3. The van der Waals surface area contributed by atoms with Gasteiger partial charge in [0.1, 0.15) is 0 Å².